The van der Waals surface area contributed by atoms with Crippen LogP contribution in [0.2, 0.25) is 0 Å². The minimum absolute atomic E-state index is 0.0710. The largest absolute Gasteiger partial charge is 0.461 e. The highest BCUT2D eigenvalue weighted by molar-refractivity contribution is 6.11. The maximum absolute atomic E-state index is 13.0. The topological polar surface area (TPSA) is 34.0 Å². The fraction of sp³-hybridized carbons (Fsp3) is 0.278. The minimum Gasteiger partial charge on any atom is -0.461 e. The van der Waals surface area contributed by atoms with Gasteiger partial charge >= 0.3 is 5.97 Å². The van der Waals surface area contributed by atoms with Crippen LogP contribution >= 0.6 is 0 Å². The molecule has 24 heavy (non-hydrogen) atoms. The van der Waals surface area contributed by atoms with Crippen LogP contribution in [0.4, 0.5) is 8.78 Å². The minimum atomic E-state index is -2.56. The highest BCUT2D eigenvalue weighted by Gasteiger charge is 2.20. The first-order chi connectivity index (χ1) is 11.5. The van der Waals surface area contributed by atoms with Crippen LogP contribution in [0.25, 0.3) is 16.4 Å². The van der Waals surface area contributed by atoms with E-state index in [9.17, 15) is 13.6 Å². The van der Waals surface area contributed by atoms with Crippen molar-refractivity contribution in [2.75, 3.05) is 27.2 Å². The lowest BCUT2D eigenvalue weighted by atomic mass is 10.1. The Morgan fingerprint density at radius 1 is 1.21 bits per heavy atom. The van der Waals surface area contributed by atoms with Crippen LogP contribution in [0, 0.1) is 0 Å². The van der Waals surface area contributed by atoms with Gasteiger partial charge in [0.15, 0.2) is 0 Å². The zero-order chi connectivity index (χ0) is 17.3. The number of rotatable bonds is 5. The van der Waals surface area contributed by atoms with Gasteiger partial charge in [0.2, 0.25) is 0 Å². The van der Waals surface area contributed by atoms with Crippen LogP contribution in [0.1, 0.15) is 22.3 Å². The molecule has 1 aromatic carbocycles. The molecule has 2 heterocycles. The lowest BCUT2D eigenvalue weighted by Gasteiger charge is -2.09. The van der Waals surface area contributed by atoms with Crippen molar-refractivity contribution in [1.29, 1.82) is 0 Å². The summed E-state index contributed by atoms with van der Waals surface area (Å²) in [6.45, 7) is 0.887. The molecular formula is C18H18F2N2O2. The fourth-order valence-electron chi connectivity index (χ4n) is 2.70. The van der Waals surface area contributed by atoms with E-state index in [0.29, 0.717) is 28.5 Å². The van der Waals surface area contributed by atoms with E-state index in [0.717, 1.165) is 0 Å². The van der Waals surface area contributed by atoms with Gasteiger partial charge in [0, 0.05) is 23.7 Å². The summed E-state index contributed by atoms with van der Waals surface area (Å²) in [6, 6.07) is 9.71. The van der Waals surface area contributed by atoms with E-state index in [-0.39, 0.29) is 12.2 Å². The zero-order valence-corrected chi connectivity index (χ0v) is 13.5. The van der Waals surface area contributed by atoms with Crippen molar-refractivity contribution in [1.82, 2.24) is 9.30 Å². The Bertz CT molecular complexity index is 887. The van der Waals surface area contributed by atoms with Crippen molar-refractivity contribution in [3.63, 3.8) is 0 Å². The molecule has 0 aliphatic heterocycles. The van der Waals surface area contributed by atoms with Gasteiger partial charge in [0.05, 0.1) is 16.6 Å². The molecule has 0 N–H and O–H groups in total. The third kappa shape index (κ3) is 2.97. The van der Waals surface area contributed by atoms with E-state index >= 15 is 0 Å². The molecule has 2 aromatic heterocycles. The average molecular weight is 332 g/mol. The fourth-order valence-corrected chi connectivity index (χ4v) is 2.70. The van der Waals surface area contributed by atoms with E-state index in [4.69, 9.17) is 4.74 Å². The highest BCUT2D eigenvalue weighted by atomic mass is 19.3. The van der Waals surface area contributed by atoms with E-state index in [1.807, 2.05) is 19.0 Å². The number of esters is 1. The normalized spacial score (nSPS) is 11.8. The Balaban J connectivity index is 2.10. The molecule has 0 saturated carbocycles. The molecule has 0 aliphatic carbocycles. The molecule has 3 rings (SSSR count). The predicted octanol–water partition coefficient (Wildman–Crippen LogP) is 3.75. The summed E-state index contributed by atoms with van der Waals surface area (Å²) in [5.74, 6) is -0.444. The molecule has 6 heteroatoms. The molecule has 0 atom stereocenters. The second-order valence-electron chi connectivity index (χ2n) is 5.85. The van der Waals surface area contributed by atoms with Crippen molar-refractivity contribution in [3.8, 4) is 0 Å². The Morgan fingerprint density at radius 3 is 2.71 bits per heavy atom. The van der Waals surface area contributed by atoms with Crippen LogP contribution in [0.15, 0.2) is 42.6 Å². The highest BCUT2D eigenvalue weighted by Crippen LogP contribution is 2.30. The molecule has 0 radical (unpaired) electrons. The number of nitrogens with zero attached hydrogens (tertiary/aromatic N) is 2. The number of likely N-dealkylation sites (N-methyl/N-ethyl adjacent to an activating group) is 1. The maximum Gasteiger partial charge on any atom is 0.341 e. The van der Waals surface area contributed by atoms with Gasteiger partial charge in [-0.1, -0.05) is 18.2 Å². The van der Waals surface area contributed by atoms with Crippen LogP contribution in [0.5, 0.6) is 0 Å². The monoisotopic (exact) mass is 332 g/mol. The first-order valence-electron chi connectivity index (χ1n) is 7.61. The number of halogens is 2. The molecule has 0 fully saturated rings. The second-order valence-corrected chi connectivity index (χ2v) is 5.85. The van der Waals surface area contributed by atoms with Crippen LogP contribution < -0.4 is 0 Å². The van der Waals surface area contributed by atoms with Crippen molar-refractivity contribution >= 4 is 22.4 Å². The summed E-state index contributed by atoms with van der Waals surface area (Å²) in [7, 11) is 3.78. The molecular weight excluding hydrogens is 314 g/mol. The molecule has 0 spiro atoms. The molecule has 0 unspecified atom stereocenters. The van der Waals surface area contributed by atoms with Gasteiger partial charge in [-0.05, 0) is 32.3 Å². The van der Waals surface area contributed by atoms with Gasteiger partial charge in [0.1, 0.15) is 6.61 Å². The van der Waals surface area contributed by atoms with Crippen molar-refractivity contribution < 1.29 is 18.3 Å². The number of carbonyl (C=O) groups excluding carboxylic acids is 1. The number of ether oxygens (including phenoxy) is 1. The van der Waals surface area contributed by atoms with Crippen LogP contribution in [0.3, 0.4) is 0 Å². The first-order valence-corrected chi connectivity index (χ1v) is 7.61. The third-order valence-electron chi connectivity index (χ3n) is 3.89. The van der Waals surface area contributed by atoms with Crippen molar-refractivity contribution in [2.45, 2.75) is 6.43 Å². The Labute approximate surface area is 138 Å². The molecule has 0 amide bonds. The van der Waals surface area contributed by atoms with E-state index in [2.05, 4.69) is 0 Å². The molecule has 0 aliphatic rings. The Morgan fingerprint density at radius 2 is 2.00 bits per heavy atom. The van der Waals surface area contributed by atoms with Gasteiger partial charge < -0.3 is 14.0 Å². The molecule has 0 bridgehead atoms. The lowest BCUT2D eigenvalue weighted by molar-refractivity contribution is 0.0486. The zero-order valence-electron chi connectivity index (χ0n) is 13.5. The van der Waals surface area contributed by atoms with E-state index in [1.165, 1.54) is 12.1 Å². The van der Waals surface area contributed by atoms with Crippen molar-refractivity contribution in [2.24, 2.45) is 0 Å². The second kappa shape index (κ2) is 6.57. The van der Waals surface area contributed by atoms with E-state index < -0.39 is 12.4 Å². The Hall–Kier alpha value is -2.47. The standard InChI is InChI=1S/C18H18F2N2O2/c1-21(2)9-10-24-18(23)16-13-7-6-12(17(19)20)11-15(13)22-8-4-3-5-14(16)22/h3-8,11,17H,9-10H2,1-2H3. The quantitative estimate of drug-likeness (QED) is 0.667. The smallest absolute Gasteiger partial charge is 0.341 e. The van der Waals surface area contributed by atoms with Crippen LogP contribution in [-0.2, 0) is 4.74 Å². The number of carbonyl (C=O) groups is 1. The molecule has 126 valence electrons. The summed E-state index contributed by atoms with van der Waals surface area (Å²) >= 11 is 0. The number of pyridine rings is 1. The maximum atomic E-state index is 13.0. The third-order valence-corrected chi connectivity index (χ3v) is 3.89. The summed E-state index contributed by atoms with van der Waals surface area (Å²) in [4.78, 5) is 14.4. The summed E-state index contributed by atoms with van der Waals surface area (Å²) < 4.78 is 33.1. The number of fused-ring (bicyclic) bond motifs is 3. The predicted molar refractivity (Wildman–Crippen MR) is 88.7 cm³/mol. The van der Waals surface area contributed by atoms with Gasteiger partial charge in [-0.2, -0.15) is 0 Å². The molecule has 4 nitrogen and oxygen atoms in total. The average Bonchev–Trinajstić information content (AvgIpc) is 2.88. The van der Waals surface area contributed by atoms with Gasteiger partial charge in [-0.25, -0.2) is 13.6 Å². The summed E-state index contributed by atoms with van der Waals surface area (Å²) in [6.07, 6.45) is -0.803. The molecule has 0 saturated heterocycles. The number of alkyl halides is 2. The Kier molecular flexibility index (Phi) is 4.49. The van der Waals surface area contributed by atoms with Gasteiger partial charge in [0.25, 0.3) is 6.43 Å². The number of hydrogen-bond donors (Lipinski definition) is 0. The number of hydrogen-bond acceptors (Lipinski definition) is 3. The van der Waals surface area contributed by atoms with Crippen molar-refractivity contribution in [3.05, 3.63) is 53.7 Å². The SMILES string of the molecule is CN(C)CCOC(=O)c1c2ccc(C(F)F)cc2n2ccccc12. The molecule has 3 aromatic rings. The first kappa shape index (κ1) is 16.4. The number of benzene rings is 1. The van der Waals surface area contributed by atoms with Crippen LogP contribution in [-0.4, -0.2) is 42.5 Å². The summed E-state index contributed by atoms with van der Waals surface area (Å²) in [5, 5.41) is 0.612. The lowest BCUT2D eigenvalue weighted by Crippen LogP contribution is -2.20. The summed E-state index contributed by atoms with van der Waals surface area (Å²) in [5.41, 5.74) is 1.56. The number of aromatic nitrogens is 1. The van der Waals surface area contributed by atoms with Gasteiger partial charge in [-0.3, -0.25) is 0 Å². The van der Waals surface area contributed by atoms with Gasteiger partial charge in [-0.15, -0.1) is 0 Å². The van der Waals surface area contributed by atoms with E-state index in [1.54, 1.807) is 34.9 Å².